The van der Waals surface area contributed by atoms with Crippen LogP contribution in [0.4, 0.5) is 4.39 Å². The van der Waals surface area contributed by atoms with Crippen molar-refractivity contribution in [2.24, 2.45) is 5.92 Å². The fourth-order valence-electron chi connectivity index (χ4n) is 2.10. The maximum absolute atomic E-state index is 12.9. The molecule has 0 aromatic heterocycles. The average Bonchev–Trinajstić information content (AvgIpc) is 2.22. The Hall–Kier alpha value is -0.930. The van der Waals surface area contributed by atoms with Gasteiger partial charge in [-0.3, -0.25) is 0 Å². The van der Waals surface area contributed by atoms with Gasteiger partial charge in [0.25, 0.3) is 0 Å². The number of piperidine rings is 1. The van der Waals surface area contributed by atoms with Gasteiger partial charge in [0, 0.05) is 6.54 Å². The van der Waals surface area contributed by atoms with Crippen molar-refractivity contribution in [3.8, 4) is 0 Å². The number of hydrogen-bond acceptors (Lipinski definition) is 2. The topological polar surface area (TPSA) is 32.3 Å². The molecule has 1 saturated heterocycles. The molecule has 1 aliphatic rings. The summed E-state index contributed by atoms with van der Waals surface area (Å²) in [6, 6.07) is 6.63. The average molecular weight is 209 g/mol. The van der Waals surface area contributed by atoms with Crippen LogP contribution in [-0.2, 0) is 6.42 Å². The smallest absolute Gasteiger partial charge is 0.123 e. The zero-order chi connectivity index (χ0) is 10.7. The first kappa shape index (κ1) is 10.6. The summed E-state index contributed by atoms with van der Waals surface area (Å²) in [6.07, 6.45) is 1.42. The molecule has 0 unspecified atom stereocenters. The summed E-state index contributed by atoms with van der Waals surface area (Å²) in [7, 11) is 0. The SMILES string of the molecule is O[C@H]1CNCC[C@@H]1Cc1cccc(F)c1. The molecule has 0 amide bonds. The predicted octanol–water partition coefficient (Wildman–Crippen LogP) is 1.34. The molecule has 82 valence electrons. The largest absolute Gasteiger partial charge is 0.392 e. The molecule has 0 bridgehead atoms. The van der Waals surface area contributed by atoms with Gasteiger partial charge in [-0.25, -0.2) is 4.39 Å². The molecule has 0 radical (unpaired) electrons. The van der Waals surface area contributed by atoms with Crippen molar-refractivity contribution in [3.63, 3.8) is 0 Å². The van der Waals surface area contributed by atoms with Crippen LogP contribution in [0.2, 0.25) is 0 Å². The first-order chi connectivity index (χ1) is 7.25. The quantitative estimate of drug-likeness (QED) is 0.770. The molecule has 0 saturated carbocycles. The Morgan fingerprint density at radius 2 is 2.33 bits per heavy atom. The first-order valence-electron chi connectivity index (χ1n) is 5.39. The molecule has 2 atom stereocenters. The summed E-state index contributed by atoms with van der Waals surface area (Å²) in [4.78, 5) is 0. The van der Waals surface area contributed by atoms with Crippen LogP contribution < -0.4 is 5.32 Å². The lowest BCUT2D eigenvalue weighted by Gasteiger charge is -2.28. The third kappa shape index (κ3) is 2.76. The van der Waals surface area contributed by atoms with Gasteiger partial charge >= 0.3 is 0 Å². The van der Waals surface area contributed by atoms with Crippen LogP contribution in [0.15, 0.2) is 24.3 Å². The van der Waals surface area contributed by atoms with Crippen molar-refractivity contribution in [1.29, 1.82) is 0 Å². The minimum Gasteiger partial charge on any atom is -0.392 e. The van der Waals surface area contributed by atoms with E-state index in [1.807, 2.05) is 6.07 Å². The zero-order valence-corrected chi connectivity index (χ0v) is 8.62. The molecular formula is C12H16FNO. The predicted molar refractivity (Wildman–Crippen MR) is 57.1 cm³/mol. The van der Waals surface area contributed by atoms with Crippen molar-refractivity contribution in [1.82, 2.24) is 5.32 Å². The Kier molecular flexibility index (Phi) is 3.34. The first-order valence-corrected chi connectivity index (χ1v) is 5.39. The van der Waals surface area contributed by atoms with Crippen LogP contribution in [0, 0.1) is 11.7 Å². The summed E-state index contributed by atoms with van der Waals surface area (Å²) in [6.45, 7) is 1.59. The van der Waals surface area contributed by atoms with Crippen LogP contribution in [0.25, 0.3) is 0 Å². The second-order valence-electron chi connectivity index (χ2n) is 4.15. The van der Waals surface area contributed by atoms with E-state index in [1.165, 1.54) is 6.07 Å². The lowest BCUT2D eigenvalue weighted by molar-refractivity contribution is 0.0820. The maximum atomic E-state index is 12.9. The molecule has 1 aliphatic heterocycles. The minimum absolute atomic E-state index is 0.198. The fraction of sp³-hybridized carbons (Fsp3) is 0.500. The van der Waals surface area contributed by atoms with Crippen LogP contribution >= 0.6 is 0 Å². The number of benzene rings is 1. The van der Waals surface area contributed by atoms with Crippen molar-refractivity contribution >= 4 is 0 Å². The highest BCUT2D eigenvalue weighted by Gasteiger charge is 2.22. The van der Waals surface area contributed by atoms with Crippen molar-refractivity contribution in [2.45, 2.75) is 18.9 Å². The number of β-amino-alcohol motifs (C(OH)–C–C–N with tert-alkyl or cyclic N) is 1. The molecule has 1 fully saturated rings. The van der Waals surface area contributed by atoms with Gasteiger partial charge in [-0.05, 0) is 43.0 Å². The van der Waals surface area contributed by atoms with E-state index < -0.39 is 0 Å². The molecule has 3 heteroatoms. The van der Waals surface area contributed by atoms with Crippen molar-refractivity contribution in [3.05, 3.63) is 35.6 Å². The molecule has 1 heterocycles. The number of hydrogen-bond donors (Lipinski definition) is 2. The molecule has 2 rings (SSSR count). The van der Waals surface area contributed by atoms with Gasteiger partial charge in [-0.1, -0.05) is 12.1 Å². The summed E-state index contributed by atoms with van der Waals surface area (Å²) in [5.41, 5.74) is 0.973. The second kappa shape index (κ2) is 4.73. The third-order valence-corrected chi connectivity index (χ3v) is 2.98. The van der Waals surface area contributed by atoms with Gasteiger partial charge < -0.3 is 10.4 Å². The number of halogens is 1. The Bertz CT molecular complexity index is 329. The van der Waals surface area contributed by atoms with Crippen LogP contribution in [0.3, 0.4) is 0 Å². The second-order valence-corrected chi connectivity index (χ2v) is 4.15. The van der Waals surface area contributed by atoms with E-state index in [9.17, 15) is 9.50 Å². The van der Waals surface area contributed by atoms with E-state index >= 15 is 0 Å². The molecule has 0 aliphatic carbocycles. The Morgan fingerprint density at radius 3 is 3.07 bits per heavy atom. The number of rotatable bonds is 2. The molecule has 15 heavy (non-hydrogen) atoms. The number of aliphatic hydroxyl groups excluding tert-OH is 1. The molecule has 2 N–H and O–H groups in total. The maximum Gasteiger partial charge on any atom is 0.123 e. The molecule has 1 aromatic carbocycles. The number of nitrogens with one attached hydrogen (secondary N) is 1. The van der Waals surface area contributed by atoms with E-state index in [2.05, 4.69) is 5.32 Å². The monoisotopic (exact) mass is 209 g/mol. The lowest BCUT2D eigenvalue weighted by atomic mass is 9.89. The van der Waals surface area contributed by atoms with Gasteiger partial charge in [-0.2, -0.15) is 0 Å². The van der Waals surface area contributed by atoms with Crippen LogP contribution in [-0.4, -0.2) is 24.3 Å². The molecule has 1 aromatic rings. The highest BCUT2D eigenvalue weighted by Crippen LogP contribution is 2.18. The minimum atomic E-state index is -0.304. The molecule has 2 nitrogen and oxygen atoms in total. The number of aliphatic hydroxyl groups is 1. The van der Waals surface area contributed by atoms with E-state index in [0.29, 0.717) is 6.54 Å². The van der Waals surface area contributed by atoms with E-state index in [-0.39, 0.29) is 17.8 Å². The summed E-state index contributed by atoms with van der Waals surface area (Å²) >= 11 is 0. The van der Waals surface area contributed by atoms with Gasteiger partial charge in [0.1, 0.15) is 5.82 Å². The zero-order valence-electron chi connectivity index (χ0n) is 8.62. The van der Waals surface area contributed by atoms with Crippen LogP contribution in [0.1, 0.15) is 12.0 Å². The Morgan fingerprint density at radius 1 is 1.47 bits per heavy atom. The summed E-state index contributed by atoms with van der Waals surface area (Å²) < 4.78 is 12.9. The lowest BCUT2D eigenvalue weighted by Crippen LogP contribution is -2.41. The Balaban J connectivity index is 2.01. The normalized spacial score (nSPS) is 26.5. The van der Waals surface area contributed by atoms with Gasteiger partial charge in [-0.15, -0.1) is 0 Å². The third-order valence-electron chi connectivity index (χ3n) is 2.98. The van der Waals surface area contributed by atoms with Crippen LogP contribution in [0.5, 0.6) is 0 Å². The standard InChI is InChI=1S/C12H16FNO/c13-11-3-1-2-9(7-11)6-10-4-5-14-8-12(10)15/h1-3,7,10,12,14-15H,4-6,8H2/t10-,12+/m1/s1. The van der Waals surface area contributed by atoms with E-state index in [1.54, 1.807) is 12.1 Å². The van der Waals surface area contributed by atoms with E-state index in [0.717, 1.165) is 24.9 Å². The van der Waals surface area contributed by atoms with Crippen molar-refractivity contribution in [2.75, 3.05) is 13.1 Å². The van der Waals surface area contributed by atoms with Gasteiger partial charge in [0.2, 0.25) is 0 Å². The van der Waals surface area contributed by atoms with Crippen molar-refractivity contribution < 1.29 is 9.50 Å². The molecular weight excluding hydrogens is 193 g/mol. The van der Waals surface area contributed by atoms with Gasteiger partial charge in [0.05, 0.1) is 6.10 Å². The molecule has 0 spiro atoms. The fourth-order valence-corrected chi connectivity index (χ4v) is 2.10. The van der Waals surface area contributed by atoms with E-state index in [4.69, 9.17) is 0 Å². The Labute approximate surface area is 89.1 Å². The summed E-state index contributed by atoms with van der Waals surface area (Å²) in [5, 5.41) is 12.9. The highest BCUT2D eigenvalue weighted by atomic mass is 19.1. The highest BCUT2D eigenvalue weighted by molar-refractivity contribution is 5.17. The van der Waals surface area contributed by atoms with Gasteiger partial charge in [0.15, 0.2) is 0 Å². The summed E-state index contributed by atoms with van der Waals surface area (Å²) in [5.74, 6) is 0.0592.